The highest BCUT2D eigenvalue weighted by Gasteiger charge is 2.33. The third-order valence-corrected chi connectivity index (χ3v) is 4.83. The van der Waals surface area contributed by atoms with Gasteiger partial charge in [0.15, 0.2) is 0 Å². The van der Waals surface area contributed by atoms with Gasteiger partial charge in [0.25, 0.3) is 0 Å². The fourth-order valence-corrected chi connectivity index (χ4v) is 2.96. The summed E-state index contributed by atoms with van der Waals surface area (Å²) < 4.78 is 6.26. The molecule has 1 unspecified atom stereocenters. The van der Waals surface area contributed by atoms with Crippen LogP contribution in [0, 0.1) is 16.7 Å². The summed E-state index contributed by atoms with van der Waals surface area (Å²) >= 11 is 0. The molecule has 1 rings (SSSR count). The topological polar surface area (TPSA) is 35.2 Å². The lowest BCUT2D eigenvalue weighted by Gasteiger charge is -2.40. The highest BCUT2D eigenvalue weighted by molar-refractivity contribution is 4.95. The molecule has 1 atom stereocenters. The van der Waals surface area contributed by atoms with Gasteiger partial charge in [0.1, 0.15) is 0 Å². The van der Waals surface area contributed by atoms with Crippen LogP contribution in [0.25, 0.3) is 0 Å². The van der Waals surface area contributed by atoms with Crippen molar-refractivity contribution in [2.45, 2.75) is 72.5 Å². The molecule has 2 nitrogen and oxygen atoms in total. The lowest BCUT2D eigenvalue weighted by atomic mass is 9.72. The maximum Gasteiger partial charge on any atom is 0.0786 e. The minimum atomic E-state index is -0.0460. The molecule has 1 aliphatic carbocycles. The van der Waals surface area contributed by atoms with Crippen molar-refractivity contribution in [1.82, 2.24) is 0 Å². The second-order valence-corrected chi connectivity index (χ2v) is 7.73. The van der Waals surface area contributed by atoms with Crippen LogP contribution in [0.3, 0.4) is 0 Å². The summed E-state index contributed by atoms with van der Waals surface area (Å²) in [6.07, 6.45) is 7.33. The van der Waals surface area contributed by atoms with Gasteiger partial charge in [0, 0.05) is 12.0 Å². The Morgan fingerprint density at radius 3 is 2.05 bits per heavy atom. The monoisotopic (exact) mass is 267 g/mol. The summed E-state index contributed by atoms with van der Waals surface area (Å²) in [4.78, 5) is 0. The van der Waals surface area contributed by atoms with Crippen molar-refractivity contribution in [3.05, 3.63) is 12.7 Å². The fourth-order valence-electron chi connectivity index (χ4n) is 2.96. The van der Waals surface area contributed by atoms with E-state index in [1.807, 2.05) is 6.08 Å². The minimum absolute atomic E-state index is 0.0460. The number of nitrogens with two attached hydrogens (primary N) is 1. The quantitative estimate of drug-likeness (QED) is 0.760. The van der Waals surface area contributed by atoms with Crippen LogP contribution in [0.4, 0.5) is 0 Å². The van der Waals surface area contributed by atoms with E-state index in [0.29, 0.717) is 18.1 Å². The Bertz CT molecular complexity index is 282. The zero-order valence-electron chi connectivity index (χ0n) is 13.5. The van der Waals surface area contributed by atoms with E-state index in [1.165, 1.54) is 25.7 Å². The standard InChI is InChI=1S/C17H33NO/c1-7-17(5,6)15(12-18)19-14-10-8-13(9-11-14)16(2,3)4/h7,13-15H,1,8-12,18H2,2-6H3. The molecule has 2 heteroatoms. The van der Waals surface area contributed by atoms with Gasteiger partial charge >= 0.3 is 0 Å². The molecule has 1 fully saturated rings. The number of ether oxygens (including phenoxy) is 1. The first-order valence-corrected chi connectivity index (χ1v) is 7.70. The van der Waals surface area contributed by atoms with E-state index >= 15 is 0 Å². The van der Waals surface area contributed by atoms with Crippen LogP contribution in [0.15, 0.2) is 12.7 Å². The van der Waals surface area contributed by atoms with Crippen LogP contribution < -0.4 is 5.73 Å². The van der Waals surface area contributed by atoms with E-state index in [9.17, 15) is 0 Å². The molecule has 112 valence electrons. The Kier molecular flexibility index (Phi) is 5.64. The van der Waals surface area contributed by atoms with Gasteiger partial charge in [-0.05, 0) is 37.0 Å². The lowest BCUT2D eigenvalue weighted by molar-refractivity contribution is -0.0750. The van der Waals surface area contributed by atoms with Gasteiger partial charge in [-0.2, -0.15) is 0 Å². The molecule has 0 aliphatic heterocycles. The predicted octanol–water partition coefficient (Wildman–Crippen LogP) is 4.15. The molecule has 0 aromatic heterocycles. The van der Waals surface area contributed by atoms with Crippen molar-refractivity contribution in [2.24, 2.45) is 22.5 Å². The first-order chi connectivity index (χ1) is 8.70. The Hall–Kier alpha value is -0.340. The number of rotatable bonds is 5. The zero-order chi connectivity index (χ0) is 14.7. The SMILES string of the molecule is C=CC(C)(C)C(CN)OC1CCC(C(C)(C)C)CC1. The van der Waals surface area contributed by atoms with Crippen molar-refractivity contribution in [1.29, 1.82) is 0 Å². The second-order valence-electron chi connectivity index (χ2n) is 7.73. The molecular formula is C17H33NO. The van der Waals surface area contributed by atoms with Crippen molar-refractivity contribution in [3.8, 4) is 0 Å². The smallest absolute Gasteiger partial charge is 0.0786 e. The third-order valence-electron chi connectivity index (χ3n) is 4.83. The first-order valence-electron chi connectivity index (χ1n) is 7.70. The van der Waals surface area contributed by atoms with Crippen LogP contribution in [0.2, 0.25) is 0 Å². The van der Waals surface area contributed by atoms with Gasteiger partial charge in [-0.3, -0.25) is 0 Å². The molecule has 0 radical (unpaired) electrons. The predicted molar refractivity (Wildman–Crippen MR) is 83.1 cm³/mol. The average molecular weight is 267 g/mol. The Morgan fingerprint density at radius 1 is 1.16 bits per heavy atom. The van der Waals surface area contributed by atoms with Gasteiger partial charge in [0.2, 0.25) is 0 Å². The summed E-state index contributed by atoms with van der Waals surface area (Å²) in [6.45, 7) is 15.8. The normalized spacial score (nSPS) is 27.1. The number of hydrogen-bond acceptors (Lipinski definition) is 2. The van der Waals surface area contributed by atoms with Crippen LogP contribution in [0.1, 0.15) is 60.3 Å². The van der Waals surface area contributed by atoms with E-state index in [2.05, 4.69) is 41.2 Å². The van der Waals surface area contributed by atoms with Crippen LogP contribution in [-0.4, -0.2) is 18.8 Å². The highest BCUT2D eigenvalue weighted by atomic mass is 16.5. The molecule has 0 amide bonds. The zero-order valence-corrected chi connectivity index (χ0v) is 13.5. The molecule has 0 aromatic carbocycles. The molecule has 1 saturated carbocycles. The molecule has 0 aromatic rings. The van der Waals surface area contributed by atoms with Gasteiger partial charge < -0.3 is 10.5 Å². The largest absolute Gasteiger partial charge is 0.373 e. The van der Waals surface area contributed by atoms with Gasteiger partial charge in [-0.15, -0.1) is 6.58 Å². The first kappa shape index (κ1) is 16.7. The summed E-state index contributed by atoms with van der Waals surface area (Å²) in [5.41, 5.74) is 6.26. The van der Waals surface area contributed by atoms with E-state index in [4.69, 9.17) is 10.5 Å². The molecule has 0 saturated heterocycles. The van der Waals surface area contributed by atoms with Crippen molar-refractivity contribution < 1.29 is 4.74 Å². The van der Waals surface area contributed by atoms with E-state index in [0.717, 1.165) is 5.92 Å². The summed E-state index contributed by atoms with van der Waals surface area (Å²) in [7, 11) is 0. The molecule has 0 spiro atoms. The van der Waals surface area contributed by atoms with Crippen LogP contribution >= 0.6 is 0 Å². The summed E-state index contributed by atoms with van der Waals surface area (Å²) in [5.74, 6) is 0.830. The van der Waals surface area contributed by atoms with E-state index in [1.54, 1.807) is 0 Å². The molecular weight excluding hydrogens is 234 g/mol. The fraction of sp³-hybridized carbons (Fsp3) is 0.882. The second kappa shape index (κ2) is 6.41. The van der Waals surface area contributed by atoms with Crippen molar-refractivity contribution >= 4 is 0 Å². The number of hydrogen-bond donors (Lipinski definition) is 1. The van der Waals surface area contributed by atoms with Crippen molar-refractivity contribution in [2.75, 3.05) is 6.54 Å². The summed E-state index contributed by atoms with van der Waals surface area (Å²) in [6, 6.07) is 0. The molecule has 2 N–H and O–H groups in total. The maximum absolute atomic E-state index is 6.26. The van der Waals surface area contributed by atoms with E-state index in [-0.39, 0.29) is 11.5 Å². The van der Waals surface area contributed by atoms with Crippen LogP contribution in [0.5, 0.6) is 0 Å². The lowest BCUT2D eigenvalue weighted by Crippen LogP contribution is -2.41. The Balaban J connectivity index is 2.50. The van der Waals surface area contributed by atoms with Gasteiger partial charge in [-0.25, -0.2) is 0 Å². The van der Waals surface area contributed by atoms with E-state index < -0.39 is 0 Å². The van der Waals surface area contributed by atoms with Crippen molar-refractivity contribution in [3.63, 3.8) is 0 Å². The Morgan fingerprint density at radius 2 is 1.68 bits per heavy atom. The molecule has 0 bridgehead atoms. The molecule has 1 aliphatic rings. The molecule has 0 heterocycles. The van der Waals surface area contributed by atoms with Gasteiger partial charge in [0.05, 0.1) is 12.2 Å². The highest BCUT2D eigenvalue weighted by Crippen LogP contribution is 2.39. The summed E-state index contributed by atoms with van der Waals surface area (Å²) in [5, 5.41) is 0. The Labute approximate surface area is 119 Å². The molecule has 19 heavy (non-hydrogen) atoms. The minimum Gasteiger partial charge on any atom is -0.373 e. The maximum atomic E-state index is 6.26. The third kappa shape index (κ3) is 4.61. The van der Waals surface area contributed by atoms with Gasteiger partial charge in [-0.1, -0.05) is 40.7 Å². The average Bonchev–Trinajstić information content (AvgIpc) is 2.35. The van der Waals surface area contributed by atoms with Crippen LogP contribution in [-0.2, 0) is 4.74 Å².